The molecule has 1 fully saturated rings. The summed E-state index contributed by atoms with van der Waals surface area (Å²) in [5.41, 5.74) is 3.30. The van der Waals surface area contributed by atoms with Gasteiger partial charge < -0.3 is 20.6 Å². The van der Waals surface area contributed by atoms with Gasteiger partial charge in [0.25, 0.3) is 5.91 Å². The number of fused-ring (bicyclic) bond motifs is 2. The largest absolute Gasteiger partial charge is 0.478 e. The molecule has 2 aliphatic heterocycles. The Morgan fingerprint density at radius 1 is 1.18 bits per heavy atom. The molecule has 5 rings (SSSR count). The van der Waals surface area contributed by atoms with Crippen molar-refractivity contribution < 1.29 is 27.9 Å². The number of aryl methyl sites for hydroxylation is 1. The molecule has 204 valence electrons. The highest BCUT2D eigenvalue weighted by molar-refractivity contribution is 6.03. The number of alkyl halides is 3. The second-order valence-corrected chi connectivity index (χ2v) is 10.8. The summed E-state index contributed by atoms with van der Waals surface area (Å²) in [5, 5.41) is 16.5. The molecule has 2 unspecified atom stereocenters. The van der Waals surface area contributed by atoms with Gasteiger partial charge in [-0.05, 0) is 73.7 Å². The molecule has 3 aromatic rings. The molecule has 3 aromatic carbocycles. The van der Waals surface area contributed by atoms with Gasteiger partial charge in [0, 0.05) is 17.6 Å². The lowest BCUT2D eigenvalue weighted by Gasteiger charge is -2.41. The number of carbonyl (C=O) groups is 2. The molecule has 0 spiro atoms. The third-order valence-electron chi connectivity index (χ3n) is 7.87. The maximum atomic E-state index is 13.7. The number of nitrogens with zero attached hydrogens (tertiary/aromatic N) is 1. The maximum Gasteiger partial charge on any atom is 0.416 e. The highest BCUT2D eigenvalue weighted by Crippen LogP contribution is 2.46. The molecule has 3 N–H and O–H groups in total. The Hall–Kier alpha value is -4.01. The molecule has 3 atom stereocenters. The minimum atomic E-state index is -4.39. The van der Waals surface area contributed by atoms with E-state index in [1.807, 2.05) is 30.9 Å². The average molecular weight is 538 g/mol. The van der Waals surface area contributed by atoms with Gasteiger partial charge in [-0.3, -0.25) is 4.79 Å². The molecule has 0 aromatic heterocycles. The number of carboxylic acids is 1. The Balaban J connectivity index is 1.46. The molecule has 9 heteroatoms. The number of benzene rings is 3. The smallest absolute Gasteiger partial charge is 0.416 e. The van der Waals surface area contributed by atoms with E-state index in [0.29, 0.717) is 36.3 Å². The van der Waals surface area contributed by atoms with Crippen LogP contribution in [0.2, 0.25) is 0 Å². The van der Waals surface area contributed by atoms with Gasteiger partial charge in [0.1, 0.15) is 6.17 Å². The van der Waals surface area contributed by atoms with Gasteiger partial charge >= 0.3 is 12.1 Å². The molecule has 0 bridgehead atoms. The first-order valence-electron chi connectivity index (χ1n) is 12.8. The van der Waals surface area contributed by atoms with E-state index in [1.54, 1.807) is 18.2 Å². The predicted molar refractivity (Wildman–Crippen MR) is 143 cm³/mol. The second-order valence-electron chi connectivity index (χ2n) is 10.8. The van der Waals surface area contributed by atoms with Crippen molar-refractivity contribution in [3.63, 3.8) is 0 Å². The SMILES string of the molecule is Cc1cc2c(c([C@@H](C)Nc3ccccc3C(=O)O)c1)NC1N(CCC1(C)Cc1ccc(C(F)(F)F)cc1)C2=O. The summed E-state index contributed by atoms with van der Waals surface area (Å²) in [6, 6.07) is 15.4. The monoisotopic (exact) mass is 537 g/mol. The average Bonchev–Trinajstić information content (AvgIpc) is 3.20. The second kappa shape index (κ2) is 9.63. The first kappa shape index (κ1) is 26.6. The number of rotatable bonds is 6. The van der Waals surface area contributed by atoms with Crippen molar-refractivity contribution in [1.82, 2.24) is 4.90 Å². The zero-order valence-corrected chi connectivity index (χ0v) is 21.9. The van der Waals surface area contributed by atoms with Gasteiger partial charge in [-0.15, -0.1) is 0 Å². The number of anilines is 2. The molecule has 6 nitrogen and oxygen atoms in total. The van der Waals surface area contributed by atoms with Crippen LogP contribution in [0, 0.1) is 12.3 Å². The molecule has 0 aliphatic carbocycles. The molecule has 2 heterocycles. The molecular weight excluding hydrogens is 507 g/mol. The molecular formula is C30H30F3N3O3. The minimum absolute atomic E-state index is 0.0898. The number of halogens is 3. The quantitative estimate of drug-likeness (QED) is 0.325. The zero-order valence-electron chi connectivity index (χ0n) is 21.9. The Morgan fingerprint density at radius 2 is 1.87 bits per heavy atom. The fraction of sp³-hybridized carbons (Fsp3) is 0.333. The van der Waals surface area contributed by atoms with E-state index in [4.69, 9.17) is 0 Å². The maximum absolute atomic E-state index is 13.7. The van der Waals surface area contributed by atoms with Gasteiger partial charge in [0.05, 0.1) is 28.4 Å². The minimum Gasteiger partial charge on any atom is -0.478 e. The molecule has 1 amide bonds. The van der Waals surface area contributed by atoms with Crippen LogP contribution in [0.3, 0.4) is 0 Å². The summed E-state index contributed by atoms with van der Waals surface area (Å²) in [4.78, 5) is 27.2. The van der Waals surface area contributed by atoms with E-state index in [-0.39, 0.29) is 23.7 Å². The van der Waals surface area contributed by atoms with Gasteiger partial charge in [0.2, 0.25) is 0 Å². The number of hydrogen-bond acceptors (Lipinski definition) is 4. The molecule has 0 saturated carbocycles. The van der Waals surface area contributed by atoms with Crippen molar-refractivity contribution in [3.8, 4) is 0 Å². The summed E-state index contributed by atoms with van der Waals surface area (Å²) in [6.07, 6.45) is -3.54. The first-order valence-corrected chi connectivity index (χ1v) is 12.8. The normalized spacial score (nSPS) is 21.1. The van der Waals surface area contributed by atoms with E-state index in [9.17, 15) is 27.9 Å². The van der Waals surface area contributed by atoms with Crippen LogP contribution in [0.1, 0.15) is 69.3 Å². The van der Waals surface area contributed by atoms with Crippen LogP contribution in [0.4, 0.5) is 24.5 Å². The van der Waals surface area contributed by atoms with Crippen LogP contribution in [0.15, 0.2) is 60.7 Å². The predicted octanol–water partition coefficient (Wildman–Crippen LogP) is 6.73. The van der Waals surface area contributed by atoms with Crippen molar-refractivity contribution in [1.29, 1.82) is 0 Å². The van der Waals surface area contributed by atoms with Crippen LogP contribution in [0.5, 0.6) is 0 Å². The van der Waals surface area contributed by atoms with Crippen LogP contribution in [-0.4, -0.2) is 34.6 Å². The summed E-state index contributed by atoms with van der Waals surface area (Å²) < 4.78 is 39.1. The lowest BCUT2D eigenvalue weighted by Crippen LogP contribution is -2.51. The summed E-state index contributed by atoms with van der Waals surface area (Å²) >= 11 is 0. The third-order valence-corrected chi connectivity index (χ3v) is 7.87. The van der Waals surface area contributed by atoms with Gasteiger partial charge in [-0.25, -0.2) is 4.79 Å². The highest BCUT2D eigenvalue weighted by Gasteiger charge is 2.49. The Kier molecular flexibility index (Phi) is 6.56. The Morgan fingerprint density at radius 3 is 2.54 bits per heavy atom. The number of hydrogen-bond donors (Lipinski definition) is 3. The Labute approximate surface area is 224 Å². The number of carbonyl (C=O) groups excluding carboxylic acids is 1. The van der Waals surface area contributed by atoms with Gasteiger partial charge in [0.15, 0.2) is 0 Å². The van der Waals surface area contributed by atoms with Crippen molar-refractivity contribution in [2.45, 2.75) is 52.0 Å². The standard InChI is InChI=1S/C30H30F3N3O3/c1-17-14-22(18(2)34-24-7-5-4-6-21(24)27(38)39)25-23(15-17)26(37)36-13-12-29(3,28(36)35-25)16-19-8-10-20(11-9-19)30(31,32)33/h4-11,14-15,18,28,34-35H,12-13,16H2,1-3H3,(H,38,39)/t18-,28?,29?/m1/s1. The van der Waals surface area contributed by atoms with E-state index >= 15 is 0 Å². The van der Waals surface area contributed by atoms with Crippen molar-refractivity contribution >= 4 is 23.3 Å². The summed E-state index contributed by atoms with van der Waals surface area (Å²) in [6.45, 7) is 6.43. The lowest BCUT2D eigenvalue weighted by molar-refractivity contribution is -0.137. The number of aromatic carboxylic acids is 1. The van der Waals surface area contributed by atoms with Crippen LogP contribution < -0.4 is 10.6 Å². The van der Waals surface area contributed by atoms with E-state index in [0.717, 1.165) is 28.8 Å². The number of nitrogens with one attached hydrogen (secondary N) is 2. The number of para-hydroxylation sites is 1. The number of amides is 1. The molecule has 0 radical (unpaired) electrons. The van der Waals surface area contributed by atoms with E-state index in [2.05, 4.69) is 17.6 Å². The van der Waals surface area contributed by atoms with Crippen molar-refractivity contribution in [3.05, 3.63) is 94.0 Å². The Bertz CT molecular complexity index is 1440. The van der Waals surface area contributed by atoms with Gasteiger partial charge in [-0.2, -0.15) is 13.2 Å². The van der Waals surface area contributed by atoms with E-state index < -0.39 is 23.1 Å². The highest BCUT2D eigenvalue weighted by atomic mass is 19.4. The van der Waals surface area contributed by atoms with Crippen molar-refractivity contribution in [2.24, 2.45) is 5.41 Å². The summed E-state index contributed by atoms with van der Waals surface area (Å²) in [7, 11) is 0. The zero-order chi connectivity index (χ0) is 28.1. The first-order chi connectivity index (χ1) is 18.4. The van der Waals surface area contributed by atoms with Crippen molar-refractivity contribution in [2.75, 3.05) is 17.2 Å². The van der Waals surface area contributed by atoms with Gasteiger partial charge in [-0.1, -0.05) is 37.3 Å². The fourth-order valence-electron chi connectivity index (χ4n) is 5.84. The fourth-order valence-corrected chi connectivity index (χ4v) is 5.84. The van der Waals surface area contributed by atoms with Crippen LogP contribution >= 0.6 is 0 Å². The number of carboxylic acid groups (broad SMARTS) is 1. The molecule has 39 heavy (non-hydrogen) atoms. The molecule has 1 saturated heterocycles. The lowest BCUT2D eigenvalue weighted by atomic mass is 9.79. The van der Waals surface area contributed by atoms with Crippen LogP contribution in [0.25, 0.3) is 0 Å². The topological polar surface area (TPSA) is 81.7 Å². The third kappa shape index (κ3) is 4.93. The summed E-state index contributed by atoms with van der Waals surface area (Å²) in [5.74, 6) is -1.13. The van der Waals surface area contributed by atoms with E-state index in [1.165, 1.54) is 18.2 Å². The van der Waals surface area contributed by atoms with Crippen LogP contribution in [-0.2, 0) is 12.6 Å². The molecule has 2 aliphatic rings.